The Labute approximate surface area is 152 Å². The Bertz CT molecular complexity index is 838. The largest absolute Gasteiger partial charge is 0.465 e. The van der Waals surface area contributed by atoms with Crippen molar-refractivity contribution in [3.05, 3.63) is 30.0 Å². The number of para-hydroxylation sites is 2. The van der Waals surface area contributed by atoms with E-state index in [1.165, 1.54) is 0 Å². The molecule has 3 unspecified atom stereocenters. The Hall–Kier alpha value is -2.72. The molecule has 3 atom stereocenters. The van der Waals surface area contributed by atoms with Crippen molar-refractivity contribution < 1.29 is 14.3 Å². The number of benzene rings is 1. The van der Waals surface area contributed by atoms with Gasteiger partial charge in [0.25, 0.3) is 0 Å². The first-order chi connectivity index (χ1) is 12.5. The fourth-order valence-electron chi connectivity index (χ4n) is 3.23. The fraction of sp³-hybridized carbons (Fsp3) is 0.474. The molecule has 0 aliphatic carbocycles. The third-order valence-electron chi connectivity index (χ3n) is 4.22. The number of hydrogen-bond acceptors (Lipinski definition) is 7. The molecule has 136 valence electrons. The summed E-state index contributed by atoms with van der Waals surface area (Å²) in [7, 11) is 0. The van der Waals surface area contributed by atoms with E-state index in [9.17, 15) is 10.1 Å². The molecule has 1 aliphatic heterocycles. The molecule has 1 aromatic heterocycles. The maximum absolute atomic E-state index is 12.3. The van der Waals surface area contributed by atoms with E-state index < -0.39 is 11.9 Å². The molecule has 0 N–H and O–H groups in total. The number of ether oxygens (including phenoxy) is 2. The molecule has 7 nitrogen and oxygen atoms in total. The smallest absolute Gasteiger partial charge is 0.329 e. The molecule has 1 aliphatic rings. The average molecular weight is 354 g/mol. The van der Waals surface area contributed by atoms with Crippen LogP contribution in [0.5, 0.6) is 0 Å². The predicted octanol–water partition coefficient (Wildman–Crippen LogP) is 2.41. The number of hydrogen-bond donors (Lipinski definition) is 0. The van der Waals surface area contributed by atoms with E-state index in [0.29, 0.717) is 30.1 Å². The molecule has 1 saturated heterocycles. The molecule has 1 fully saturated rings. The van der Waals surface area contributed by atoms with Crippen molar-refractivity contribution in [3.8, 4) is 6.07 Å². The van der Waals surface area contributed by atoms with Crippen molar-refractivity contribution in [1.82, 2.24) is 9.97 Å². The molecule has 2 aromatic rings. The molecule has 7 heteroatoms. The van der Waals surface area contributed by atoms with Gasteiger partial charge in [0, 0.05) is 13.1 Å². The summed E-state index contributed by atoms with van der Waals surface area (Å²) >= 11 is 0. The van der Waals surface area contributed by atoms with Gasteiger partial charge in [0.05, 0.1) is 35.9 Å². The highest BCUT2D eigenvalue weighted by molar-refractivity contribution is 5.85. The Morgan fingerprint density at radius 1 is 1.31 bits per heavy atom. The SMILES string of the molecule is CCOC(=O)C(C#N)c1nc2ccccc2nc1N1CC(C)OC(C)C1. The van der Waals surface area contributed by atoms with Crippen LogP contribution in [-0.4, -0.2) is 47.8 Å². The van der Waals surface area contributed by atoms with Crippen LogP contribution in [0.3, 0.4) is 0 Å². The molecular weight excluding hydrogens is 332 g/mol. The van der Waals surface area contributed by atoms with Crippen molar-refractivity contribution in [2.24, 2.45) is 0 Å². The summed E-state index contributed by atoms with van der Waals surface area (Å²) in [5, 5.41) is 9.61. The third kappa shape index (κ3) is 3.60. The summed E-state index contributed by atoms with van der Waals surface area (Å²) in [5.41, 5.74) is 1.70. The quantitative estimate of drug-likeness (QED) is 0.779. The number of nitrogens with zero attached hydrogens (tertiary/aromatic N) is 4. The maximum atomic E-state index is 12.3. The molecule has 3 rings (SSSR count). The average Bonchev–Trinajstić information content (AvgIpc) is 2.61. The summed E-state index contributed by atoms with van der Waals surface area (Å²) in [6.07, 6.45) is 0.0333. The van der Waals surface area contributed by atoms with Gasteiger partial charge >= 0.3 is 5.97 Å². The summed E-state index contributed by atoms with van der Waals surface area (Å²) in [4.78, 5) is 23.7. The number of morpholine rings is 1. The zero-order valence-electron chi connectivity index (χ0n) is 15.2. The topological polar surface area (TPSA) is 88.3 Å². The number of esters is 1. The number of fused-ring (bicyclic) bond motifs is 1. The van der Waals surface area contributed by atoms with Crippen molar-refractivity contribution in [1.29, 1.82) is 5.26 Å². The van der Waals surface area contributed by atoms with E-state index in [-0.39, 0.29) is 18.8 Å². The van der Waals surface area contributed by atoms with Crippen LogP contribution in [-0.2, 0) is 14.3 Å². The first-order valence-electron chi connectivity index (χ1n) is 8.76. The van der Waals surface area contributed by atoms with Gasteiger partial charge in [-0.1, -0.05) is 12.1 Å². The first-order valence-corrected chi connectivity index (χ1v) is 8.76. The molecule has 1 aromatic carbocycles. The van der Waals surface area contributed by atoms with Crippen LogP contribution in [0.15, 0.2) is 24.3 Å². The second-order valence-corrected chi connectivity index (χ2v) is 6.40. The Balaban J connectivity index is 2.13. The fourth-order valence-corrected chi connectivity index (χ4v) is 3.23. The van der Waals surface area contributed by atoms with E-state index in [2.05, 4.69) is 4.98 Å². The maximum Gasteiger partial charge on any atom is 0.329 e. The molecule has 26 heavy (non-hydrogen) atoms. The standard InChI is InChI=1S/C19H22N4O3/c1-4-25-19(24)14(9-20)17-18(23-10-12(2)26-13(3)11-23)22-16-8-6-5-7-15(16)21-17/h5-8,12-14H,4,10-11H2,1-3H3. The molecule has 0 amide bonds. The minimum absolute atomic E-state index is 0.0167. The lowest BCUT2D eigenvalue weighted by Gasteiger charge is -2.37. The second-order valence-electron chi connectivity index (χ2n) is 6.40. The Kier molecular flexibility index (Phi) is 5.33. The van der Waals surface area contributed by atoms with Crippen LogP contribution in [0.25, 0.3) is 11.0 Å². The van der Waals surface area contributed by atoms with Gasteiger partial charge in [0.15, 0.2) is 11.7 Å². The molecular formula is C19H22N4O3. The number of carbonyl (C=O) groups is 1. The summed E-state index contributed by atoms with van der Waals surface area (Å²) < 4.78 is 10.9. The monoisotopic (exact) mass is 354 g/mol. The van der Waals surface area contributed by atoms with Gasteiger partial charge in [-0.05, 0) is 32.9 Å². The van der Waals surface area contributed by atoms with Gasteiger partial charge in [-0.15, -0.1) is 0 Å². The number of anilines is 1. The van der Waals surface area contributed by atoms with Crippen LogP contribution < -0.4 is 4.90 Å². The zero-order valence-corrected chi connectivity index (χ0v) is 15.2. The normalized spacial score (nSPS) is 21.2. The van der Waals surface area contributed by atoms with E-state index in [1.54, 1.807) is 6.92 Å². The molecule has 0 bridgehead atoms. The van der Waals surface area contributed by atoms with Gasteiger partial charge < -0.3 is 14.4 Å². The highest BCUT2D eigenvalue weighted by Gasteiger charge is 2.32. The highest BCUT2D eigenvalue weighted by atomic mass is 16.5. The summed E-state index contributed by atoms with van der Waals surface area (Å²) in [6, 6.07) is 9.46. The summed E-state index contributed by atoms with van der Waals surface area (Å²) in [6.45, 7) is 7.13. The predicted molar refractivity (Wildman–Crippen MR) is 96.7 cm³/mol. The lowest BCUT2D eigenvalue weighted by molar-refractivity contribution is -0.143. The van der Waals surface area contributed by atoms with Crippen LogP contribution in [0.2, 0.25) is 0 Å². The van der Waals surface area contributed by atoms with E-state index in [1.807, 2.05) is 49.1 Å². The second kappa shape index (κ2) is 7.67. The van der Waals surface area contributed by atoms with Gasteiger partial charge in [-0.25, -0.2) is 9.97 Å². The molecule has 0 radical (unpaired) electrons. The van der Waals surface area contributed by atoms with Gasteiger partial charge in [0.1, 0.15) is 5.69 Å². The third-order valence-corrected chi connectivity index (χ3v) is 4.22. The minimum Gasteiger partial charge on any atom is -0.465 e. The Morgan fingerprint density at radius 2 is 1.92 bits per heavy atom. The first kappa shape index (κ1) is 18.1. The van der Waals surface area contributed by atoms with Crippen LogP contribution in [0.1, 0.15) is 32.4 Å². The van der Waals surface area contributed by atoms with Gasteiger partial charge in [-0.2, -0.15) is 5.26 Å². The molecule has 0 spiro atoms. The number of carbonyl (C=O) groups excluding carboxylic acids is 1. The summed E-state index contributed by atoms with van der Waals surface area (Å²) in [5.74, 6) is -1.17. The van der Waals surface area contributed by atoms with Gasteiger partial charge in [-0.3, -0.25) is 4.79 Å². The van der Waals surface area contributed by atoms with E-state index in [0.717, 1.165) is 5.52 Å². The lowest BCUT2D eigenvalue weighted by Crippen LogP contribution is -2.46. The van der Waals surface area contributed by atoms with Crippen molar-refractivity contribution >= 4 is 22.8 Å². The number of rotatable bonds is 4. The van der Waals surface area contributed by atoms with Crippen LogP contribution in [0.4, 0.5) is 5.82 Å². The van der Waals surface area contributed by atoms with Crippen molar-refractivity contribution in [3.63, 3.8) is 0 Å². The molecule has 2 heterocycles. The minimum atomic E-state index is -1.12. The van der Waals surface area contributed by atoms with E-state index in [4.69, 9.17) is 14.5 Å². The highest BCUT2D eigenvalue weighted by Crippen LogP contribution is 2.29. The van der Waals surface area contributed by atoms with Crippen molar-refractivity contribution in [2.75, 3.05) is 24.6 Å². The van der Waals surface area contributed by atoms with Crippen LogP contribution in [0, 0.1) is 11.3 Å². The number of nitriles is 1. The Morgan fingerprint density at radius 3 is 2.50 bits per heavy atom. The van der Waals surface area contributed by atoms with Gasteiger partial charge in [0.2, 0.25) is 0 Å². The number of aromatic nitrogens is 2. The lowest BCUT2D eigenvalue weighted by atomic mass is 10.1. The van der Waals surface area contributed by atoms with Crippen molar-refractivity contribution in [2.45, 2.75) is 38.9 Å². The zero-order chi connectivity index (χ0) is 18.7. The molecule has 0 saturated carbocycles. The van der Waals surface area contributed by atoms with Crippen LogP contribution >= 0.6 is 0 Å². The van der Waals surface area contributed by atoms with E-state index >= 15 is 0 Å².